The maximum atomic E-state index is 4.66. The maximum absolute atomic E-state index is 4.66. The van der Waals surface area contributed by atoms with Gasteiger partial charge in [-0.25, -0.2) is 4.98 Å². The lowest BCUT2D eigenvalue weighted by Gasteiger charge is -2.06. The average molecular weight is 277 g/mol. The van der Waals surface area contributed by atoms with Gasteiger partial charge in [0.2, 0.25) is 0 Å². The summed E-state index contributed by atoms with van der Waals surface area (Å²) in [5.74, 6) is 0.871. The van der Waals surface area contributed by atoms with Crippen molar-refractivity contribution < 1.29 is 0 Å². The number of rotatable bonds is 2. The van der Waals surface area contributed by atoms with Crippen molar-refractivity contribution in [3.8, 4) is 0 Å². The number of aromatic nitrogens is 2. The topological polar surface area (TPSA) is 30.2 Å². The standard InChI is InChI=1S/C18H19N3/c1-12-9-13(2)18(14(3)10-12)19-11-17-20-15-7-5-6-8-16(15)21(17)4/h5-11H,1-4H3. The third-order valence-electron chi connectivity index (χ3n) is 3.77. The fourth-order valence-corrected chi connectivity index (χ4v) is 2.78. The minimum absolute atomic E-state index is 0.871. The zero-order valence-corrected chi connectivity index (χ0v) is 12.9. The fraction of sp³-hybridized carbons (Fsp3) is 0.222. The van der Waals surface area contributed by atoms with Crippen LogP contribution in [0.15, 0.2) is 41.4 Å². The molecule has 0 spiro atoms. The molecule has 0 atom stereocenters. The minimum Gasteiger partial charge on any atom is -0.326 e. The molecule has 1 aromatic heterocycles. The first-order valence-electron chi connectivity index (χ1n) is 7.09. The Hall–Kier alpha value is -2.42. The first-order chi connectivity index (χ1) is 10.1. The molecule has 0 radical (unpaired) electrons. The van der Waals surface area contributed by atoms with Crippen LogP contribution in [0.25, 0.3) is 11.0 Å². The number of aliphatic imine (C=N–C) groups is 1. The Bertz CT molecular complexity index is 818. The smallest absolute Gasteiger partial charge is 0.152 e. The second kappa shape index (κ2) is 5.17. The summed E-state index contributed by atoms with van der Waals surface area (Å²) < 4.78 is 2.07. The Morgan fingerprint density at radius 3 is 2.38 bits per heavy atom. The summed E-state index contributed by atoms with van der Waals surface area (Å²) in [5, 5.41) is 0. The molecule has 0 aliphatic heterocycles. The van der Waals surface area contributed by atoms with Crippen LogP contribution in [-0.4, -0.2) is 15.8 Å². The van der Waals surface area contributed by atoms with Crippen molar-refractivity contribution in [3.05, 3.63) is 58.9 Å². The monoisotopic (exact) mass is 277 g/mol. The molecule has 0 fully saturated rings. The molecule has 0 bridgehead atoms. The Morgan fingerprint density at radius 1 is 1.05 bits per heavy atom. The summed E-state index contributed by atoms with van der Waals surface area (Å²) >= 11 is 0. The Labute approximate surface area is 125 Å². The van der Waals surface area contributed by atoms with E-state index in [9.17, 15) is 0 Å². The predicted molar refractivity (Wildman–Crippen MR) is 88.6 cm³/mol. The summed E-state index contributed by atoms with van der Waals surface area (Å²) in [6.45, 7) is 6.31. The zero-order chi connectivity index (χ0) is 15.0. The van der Waals surface area contributed by atoms with Gasteiger partial charge in [-0.3, -0.25) is 4.99 Å². The van der Waals surface area contributed by atoms with Gasteiger partial charge in [-0.2, -0.15) is 0 Å². The van der Waals surface area contributed by atoms with Crippen molar-refractivity contribution in [1.29, 1.82) is 0 Å². The highest BCUT2D eigenvalue weighted by Crippen LogP contribution is 2.25. The summed E-state index contributed by atoms with van der Waals surface area (Å²) in [6, 6.07) is 12.4. The molecule has 0 N–H and O–H groups in total. The zero-order valence-electron chi connectivity index (χ0n) is 12.9. The highest BCUT2D eigenvalue weighted by Gasteiger charge is 2.06. The van der Waals surface area contributed by atoms with Crippen LogP contribution in [0.1, 0.15) is 22.5 Å². The molecule has 0 aliphatic carbocycles. The van der Waals surface area contributed by atoms with E-state index in [1.165, 1.54) is 16.7 Å². The van der Waals surface area contributed by atoms with Gasteiger partial charge in [0.15, 0.2) is 5.82 Å². The van der Waals surface area contributed by atoms with E-state index in [4.69, 9.17) is 0 Å². The molecule has 0 saturated carbocycles. The summed E-state index contributed by atoms with van der Waals surface area (Å²) in [7, 11) is 2.02. The van der Waals surface area contributed by atoms with Gasteiger partial charge in [0, 0.05) is 7.05 Å². The lowest BCUT2D eigenvalue weighted by molar-refractivity contribution is 0.934. The third-order valence-corrected chi connectivity index (χ3v) is 3.77. The molecule has 0 saturated heterocycles. The number of imidazole rings is 1. The maximum Gasteiger partial charge on any atom is 0.152 e. The number of para-hydroxylation sites is 2. The van der Waals surface area contributed by atoms with Gasteiger partial charge < -0.3 is 4.57 Å². The lowest BCUT2D eigenvalue weighted by atomic mass is 10.1. The molecule has 2 aromatic carbocycles. The van der Waals surface area contributed by atoms with Gasteiger partial charge in [0.1, 0.15) is 0 Å². The second-order valence-corrected chi connectivity index (χ2v) is 5.52. The van der Waals surface area contributed by atoms with Gasteiger partial charge in [0.05, 0.1) is 22.9 Å². The quantitative estimate of drug-likeness (QED) is 0.644. The van der Waals surface area contributed by atoms with Gasteiger partial charge in [0.25, 0.3) is 0 Å². The third kappa shape index (κ3) is 2.47. The SMILES string of the molecule is Cc1cc(C)c(N=Cc2nc3ccccc3n2C)c(C)c1. The van der Waals surface area contributed by atoms with E-state index in [1.807, 2.05) is 31.5 Å². The van der Waals surface area contributed by atoms with Crippen molar-refractivity contribution in [3.63, 3.8) is 0 Å². The van der Waals surface area contributed by atoms with E-state index in [0.29, 0.717) is 0 Å². The lowest BCUT2D eigenvalue weighted by Crippen LogP contribution is -1.96. The fourth-order valence-electron chi connectivity index (χ4n) is 2.78. The highest BCUT2D eigenvalue weighted by atomic mass is 15.1. The number of benzene rings is 2. The molecule has 3 aromatic rings. The van der Waals surface area contributed by atoms with E-state index in [1.54, 1.807) is 0 Å². The first-order valence-corrected chi connectivity index (χ1v) is 7.09. The molecular formula is C18H19N3. The van der Waals surface area contributed by atoms with Crippen LogP contribution >= 0.6 is 0 Å². The summed E-state index contributed by atoms with van der Waals surface area (Å²) in [6.07, 6.45) is 1.85. The Balaban J connectivity index is 2.04. The van der Waals surface area contributed by atoms with Crippen LogP contribution < -0.4 is 0 Å². The van der Waals surface area contributed by atoms with Crippen molar-refractivity contribution in [1.82, 2.24) is 9.55 Å². The van der Waals surface area contributed by atoms with Crippen LogP contribution in [0.4, 0.5) is 5.69 Å². The van der Waals surface area contributed by atoms with Crippen LogP contribution in [-0.2, 0) is 7.05 Å². The van der Waals surface area contributed by atoms with Crippen LogP contribution in [0.5, 0.6) is 0 Å². The molecule has 0 aliphatic rings. The number of hydrogen-bond acceptors (Lipinski definition) is 2. The van der Waals surface area contributed by atoms with Gasteiger partial charge in [-0.05, 0) is 44.0 Å². The molecule has 3 heteroatoms. The molecule has 0 unspecified atom stereocenters. The molecule has 0 amide bonds. The van der Waals surface area contributed by atoms with E-state index < -0.39 is 0 Å². The molecule has 106 valence electrons. The van der Waals surface area contributed by atoms with Crippen LogP contribution in [0.2, 0.25) is 0 Å². The van der Waals surface area contributed by atoms with Crippen LogP contribution in [0.3, 0.4) is 0 Å². The van der Waals surface area contributed by atoms with E-state index in [2.05, 4.69) is 53.5 Å². The summed E-state index contributed by atoms with van der Waals surface area (Å²) in [5.41, 5.74) is 6.82. The van der Waals surface area contributed by atoms with Crippen LogP contribution in [0, 0.1) is 20.8 Å². The highest BCUT2D eigenvalue weighted by molar-refractivity contribution is 5.86. The normalized spacial score (nSPS) is 11.6. The minimum atomic E-state index is 0.871. The van der Waals surface area contributed by atoms with E-state index in [-0.39, 0.29) is 0 Å². The Kier molecular flexibility index (Phi) is 3.34. The number of hydrogen-bond donors (Lipinski definition) is 0. The molecular weight excluding hydrogens is 258 g/mol. The Morgan fingerprint density at radius 2 is 1.71 bits per heavy atom. The number of fused-ring (bicyclic) bond motifs is 1. The van der Waals surface area contributed by atoms with E-state index >= 15 is 0 Å². The van der Waals surface area contributed by atoms with Crippen molar-refractivity contribution in [2.75, 3.05) is 0 Å². The average Bonchev–Trinajstić information content (AvgIpc) is 2.75. The van der Waals surface area contributed by atoms with Gasteiger partial charge in [-0.15, -0.1) is 0 Å². The number of aryl methyl sites for hydroxylation is 4. The number of nitrogens with zero attached hydrogens (tertiary/aromatic N) is 3. The predicted octanol–water partition coefficient (Wildman–Crippen LogP) is 4.25. The molecule has 21 heavy (non-hydrogen) atoms. The molecule has 1 heterocycles. The van der Waals surface area contributed by atoms with Gasteiger partial charge >= 0.3 is 0 Å². The van der Waals surface area contributed by atoms with Crippen molar-refractivity contribution in [2.24, 2.45) is 12.0 Å². The van der Waals surface area contributed by atoms with Crippen molar-refractivity contribution in [2.45, 2.75) is 20.8 Å². The second-order valence-electron chi connectivity index (χ2n) is 5.52. The molecule has 3 nitrogen and oxygen atoms in total. The van der Waals surface area contributed by atoms with Crippen molar-refractivity contribution >= 4 is 22.9 Å². The summed E-state index contributed by atoms with van der Waals surface area (Å²) in [4.78, 5) is 9.28. The largest absolute Gasteiger partial charge is 0.326 e. The van der Waals surface area contributed by atoms with E-state index in [0.717, 1.165) is 22.5 Å². The molecule has 3 rings (SSSR count). The van der Waals surface area contributed by atoms with Gasteiger partial charge in [-0.1, -0.05) is 29.8 Å². The first kappa shape index (κ1) is 13.6.